The van der Waals surface area contributed by atoms with E-state index in [-0.39, 0.29) is 5.56 Å². The Bertz CT molecular complexity index is 775. The second-order valence-electron chi connectivity index (χ2n) is 5.52. The minimum absolute atomic E-state index is 0.0787. The molecule has 0 aliphatic heterocycles. The molecule has 0 saturated carbocycles. The highest BCUT2D eigenvalue weighted by atomic mass is 32.1. The van der Waals surface area contributed by atoms with Gasteiger partial charge in [0.25, 0.3) is 5.56 Å². The topological polar surface area (TPSA) is 72.2 Å². The van der Waals surface area contributed by atoms with Crippen LogP contribution in [0.3, 0.4) is 0 Å². The molecule has 0 fully saturated rings. The summed E-state index contributed by atoms with van der Waals surface area (Å²) in [6.45, 7) is 4.47. The summed E-state index contributed by atoms with van der Waals surface area (Å²) >= 11 is 1.49. The van der Waals surface area contributed by atoms with E-state index in [4.69, 9.17) is 0 Å². The molecule has 2 aromatic heterocycles. The smallest absolute Gasteiger partial charge is 0.311 e. The average Bonchev–Trinajstić information content (AvgIpc) is 2.81. The second kappa shape index (κ2) is 5.26. The summed E-state index contributed by atoms with van der Waals surface area (Å²) in [5.74, 6) is -0.688. The maximum Gasteiger partial charge on any atom is 0.311 e. The third kappa shape index (κ3) is 2.18. The van der Waals surface area contributed by atoms with Gasteiger partial charge in [-0.3, -0.25) is 14.2 Å². The lowest BCUT2D eigenvalue weighted by molar-refractivity contribution is -0.139. The van der Waals surface area contributed by atoms with E-state index in [1.807, 2.05) is 13.8 Å². The minimum Gasteiger partial charge on any atom is -0.481 e. The number of nitrogens with zero attached hydrogens (tertiary/aromatic N) is 2. The van der Waals surface area contributed by atoms with Gasteiger partial charge in [-0.15, -0.1) is 11.3 Å². The third-order valence-corrected chi connectivity index (χ3v) is 5.27. The van der Waals surface area contributed by atoms with Gasteiger partial charge in [0, 0.05) is 11.4 Å². The van der Waals surface area contributed by atoms with E-state index in [9.17, 15) is 14.7 Å². The molecule has 1 aliphatic rings. The second-order valence-corrected chi connectivity index (χ2v) is 6.60. The Balaban J connectivity index is 2.34. The molecule has 1 atom stereocenters. The maximum atomic E-state index is 12.8. The van der Waals surface area contributed by atoms with Crippen molar-refractivity contribution >= 4 is 27.5 Å². The Morgan fingerprint density at radius 3 is 2.95 bits per heavy atom. The molecule has 112 valence electrons. The summed E-state index contributed by atoms with van der Waals surface area (Å²) in [6, 6.07) is 0. The van der Waals surface area contributed by atoms with Crippen molar-refractivity contribution in [3.8, 4) is 0 Å². The Kier molecular flexibility index (Phi) is 3.57. The molecule has 6 heteroatoms. The van der Waals surface area contributed by atoms with Crippen LogP contribution >= 0.6 is 11.3 Å². The molecule has 0 radical (unpaired) electrons. The van der Waals surface area contributed by atoms with Gasteiger partial charge in [0.05, 0.1) is 11.3 Å². The van der Waals surface area contributed by atoms with Crippen LogP contribution in [0.25, 0.3) is 10.2 Å². The highest BCUT2D eigenvalue weighted by Gasteiger charge is 2.32. The van der Waals surface area contributed by atoms with E-state index in [0.29, 0.717) is 29.0 Å². The number of aryl methyl sites for hydroxylation is 2. The van der Waals surface area contributed by atoms with Gasteiger partial charge < -0.3 is 5.11 Å². The van der Waals surface area contributed by atoms with E-state index >= 15 is 0 Å². The lowest BCUT2D eigenvalue weighted by Crippen LogP contribution is -2.25. The zero-order valence-corrected chi connectivity index (χ0v) is 13.0. The molecule has 5 nitrogen and oxygen atoms in total. The minimum atomic E-state index is -0.835. The van der Waals surface area contributed by atoms with Crippen molar-refractivity contribution in [3.63, 3.8) is 0 Å². The molecule has 0 amide bonds. The van der Waals surface area contributed by atoms with Crippen LogP contribution in [0.15, 0.2) is 4.79 Å². The number of hydrogen-bond acceptors (Lipinski definition) is 4. The molecular formula is C15H18N2O3S. The van der Waals surface area contributed by atoms with Gasteiger partial charge in [0.1, 0.15) is 10.7 Å². The average molecular weight is 306 g/mol. The summed E-state index contributed by atoms with van der Waals surface area (Å²) < 4.78 is 1.67. The monoisotopic (exact) mass is 306 g/mol. The number of aliphatic carboxylic acids is 1. The number of aromatic nitrogens is 2. The van der Waals surface area contributed by atoms with Crippen LogP contribution in [0.4, 0.5) is 0 Å². The first kappa shape index (κ1) is 14.3. The fourth-order valence-corrected chi connectivity index (χ4v) is 4.46. The number of thiophene rings is 1. The first-order valence-electron chi connectivity index (χ1n) is 7.30. The lowest BCUT2D eigenvalue weighted by Gasteiger charge is -2.19. The van der Waals surface area contributed by atoms with Crippen LogP contribution in [0, 0.1) is 6.92 Å². The van der Waals surface area contributed by atoms with Crippen LogP contribution in [-0.4, -0.2) is 20.6 Å². The molecular weight excluding hydrogens is 288 g/mol. The lowest BCUT2D eigenvalue weighted by atomic mass is 9.86. The number of carbonyl (C=O) groups is 1. The summed E-state index contributed by atoms with van der Waals surface area (Å²) in [7, 11) is 0. The van der Waals surface area contributed by atoms with Gasteiger partial charge in [-0.2, -0.15) is 0 Å². The normalized spacial score (nSPS) is 17.9. The number of fused-ring (bicyclic) bond motifs is 3. The summed E-state index contributed by atoms with van der Waals surface area (Å²) in [4.78, 5) is 30.6. The van der Waals surface area contributed by atoms with Crippen molar-refractivity contribution < 1.29 is 9.90 Å². The van der Waals surface area contributed by atoms with E-state index < -0.39 is 11.9 Å². The molecule has 1 aliphatic carbocycles. The van der Waals surface area contributed by atoms with Crippen LogP contribution < -0.4 is 5.56 Å². The van der Waals surface area contributed by atoms with Crippen LogP contribution in [0.2, 0.25) is 0 Å². The van der Waals surface area contributed by atoms with Crippen molar-refractivity contribution in [2.45, 2.75) is 52.0 Å². The maximum absolute atomic E-state index is 12.8. The number of carboxylic acids is 1. The van der Waals surface area contributed by atoms with Crippen molar-refractivity contribution in [1.82, 2.24) is 9.55 Å². The SMILES string of the molecule is CCCn1c(C)nc2sc3c(c2c1=O)C(C(=O)O)CCC3. The Morgan fingerprint density at radius 1 is 1.52 bits per heavy atom. The molecule has 0 spiro atoms. The molecule has 1 N–H and O–H groups in total. The first-order valence-corrected chi connectivity index (χ1v) is 8.11. The predicted octanol–water partition coefficient (Wildman–Crippen LogP) is 2.68. The van der Waals surface area contributed by atoms with Gasteiger partial charge in [-0.05, 0) is 38.2 Å². The first-order chi connectivity index (χ1) is 10.0. The van der Waals surface area contributed by atoms with E-state index in [0.717, 1.165) is 29.7 Å². The molecule has 0 saturated heterocycles. The molecule has 2 aromatic rings. The van der Waals surface area contributed by atoms with Crippen LogP contribution in [0.1, 0.15) is 48.4 Å². The van der Waals surface area contributed by atoms with Crippen molar-refractivity contribution in [1.29, 1.82) is 0 Å². The number of hydrogen-bond donors (Lipinski definition) is 1. The molecule has 21 heavy (non-hydrogen) atoms. The summed E-state index contributed by atoms with van der Waals surface area (Å²) in [5.41, 5.74) is 0.654. The standard InChI is InChI=1S/C15H18N2O3S/c1-3-7-17-8(2)16-13-12(14(17)18)11-9(15(19)20)5-4-6-10(11)21-13/h9H,3-7H2,1-2H3,(H,19,20). The zero-order chi connectivity index (χ0) is 15.1. The quantitative estimate of drug-likeness (QED) is 0.946. The van der Waals surface area contributed by atoms with Gasteiger partial charge >= 0.3 is 5.97 Å². The van der Waals surface area contributed by atoms with E-state index in [1.54, 1.807) is 4.57 Å². The third-order valence-electron chi connectivity index (χ3n) is 4.11. The fourth-order valence-electron chi connectivity index (χ4n) is 3.15. The highest BCUT2D eigenvalue weighted by molar-refractivity contribution is 7.18. The highest BCUT2D eigenvalue weighted by Crippen LogP contribution is 2.40. The zero-order valence-electron chi connectivity index (χ0n) is 12.2. The summed E-state index contributed by atoms with van der Waals surface area (Å²) in [5, 5.41) is 10.00. The Labute approximate surface area is 126 Å². The van der Waals surface area contributed by atoms with Gasteiger partial charge in [0.15, 0.2) is 0 Å². The van der Waals surface area contributed by atoms with Crippen molar-refractivity contribution in [3.05, 3.63) is 26.6 Å². The van der Waals surface area contributed by atoms with Crippen LogP contribution in [0.5, 0.6) is 0 Å². The molecule has 0 bridgehead atoms. The fraction of sp³-hybridized carbons (Fsp3) is 0.533. The number of carboxylic acid groups (broad SMARTS) is 1. The van der Waals surface area contributed by atoms with Gasteiger partial charge in [-0.25, -0.2) is 4.98 Å². The van der Waals surface area contributed by atoms with Gasteiger partial charge in [0.2, 0.25) is 0 Å². The Morgan fingerprint density at radius 2 is 2.29 bits per heavy atom. The van der Waals surface area contributed by atoms with E-state index in [2.05, 4.69) is 4.98 Å². The predicted molar refractivity (Wildman–Crippen MR) is 82.2 cm³/mol. The van der Waals surface area contributed by atoms with Crippen molar-refractivity contribution in [2.75, 3.05) is 0 Å². The molecule has 0 aromatic carbocycles. The Hall–Kier alpha value is -1.69. The molecule has 1 unspecified atom stereocenters. The van der Waals surface area contributed by atoms with Gasteiger partial charge in [-0.1, -0.05) is 6.92 Å². The molecule has 3 rings (SSSR count). The van der Waals surface area contributed by atoms with Crippen LogP contribution in [-0.2, 0) is 17.8 Å². The molecule has 2 heterocycles. The van der Waals surface area contributed by atoms with Crippen molar-refractivity contribution in [2.24, 2.45) is 0 Å². The largest absolute Gasteiger partial charge is 0.481 e. The summed E-state index contributed by atoms with van der Waals surface area (Å²) in [6.07, 6.45) is 3.17. The van der Waals surface area contributed by atoms with E-state index in [1.165, 1.54) is 11.3 Å². The number of rotatable bonds is 3.